The minimum atomic E-state index is -4.05. The van der Waals surface area contributed by atoms with E-state index in [2.05, 4.69) is 4.72 Å². The van der Waals surface area contributed by atoms with Crippen molar-refractivity contribution in [2.45, 2.75) is 31.3 Å². The number of furan rings is 1. The van der Waals surface area contributed by atoms with Gasteiger partial charge in [-0.05, 0) is 38.5 Å². The van der Waals surface area contributed by atoms with Crippen LogP contribution in [-0.2, 0) is 10.0 Å². The number of rotatable bonds is 6. The molecule has 1 unspecified atom stereocenters. The molecule has 126 valence electrons. The lowest BCUT2D eigenvalue weighted by Crippen LogP contribution is -2.26. The molecule has 23 heavy (non-hydrogen) atoms. The molecule has 1 heterocycles. The molecule has 1 aromatic heterocycles. The maximum absolute atomic E-state index is 13.1. The second kappa shape index (κ2) is 6.77. The van der Waals surface area contributed by atoms with Crippen molar-refractivity contribution in [1.82, 2.24) is 4.72 Å². The molecular weight excluding hydrogens is 328 g/mol. The SMILES string of the molecule is Cc1cc(C(O)CCNS(=O)(=O)c2cc(F)cc(F)c2)c(C)o1. The summed E-state index contributed by atoms with van der Waals surface area (Å²) in [6, 6.07) is 3.72. The largest absolute Gasteiger partial charge is 0.466 e. The van der Waals surface area contributed by atoms with E-state index in [-0.39, 0.29) is 13.0 Å². The number of halogens is 2. The number of hydrogen-bond acceptors (Lipinski definition) is 4. The summed E-state index contributed by atoms with van der Waals surface area (Å²) in [4.78, 5) is -0.500. The van der Waals surface area contributed by atoms with Crippen LogP contribution in [-0.4, -0.2) is 20.1 Å². The van der Waals surface area contributed by atoms with Crippen LogP contribution in [0.4, 0.5) is 8.78 Å². The van der Waals surface area contributed by atoms with Gasteiger partial charge in [0.2, 0.25) is 10.0 Å². The summed E-state index contributed by atoms with van der Waals surface area (Å²) in [5.74, 6) is -0.748. The van der Waals surface area contributed by atoms with Crippen molar-refractivity contribution in [3.8, 4) is 0 Å². The van der Waals surface area contributed by atoms with E-state index >= 15 is 0 Å². The number of hydrogen-bond donors (Lipinski definition) is 2. The Kier molecular flexibility index (Phi) is 5.18. The molecule has 0 spiro atoms. The Hall–Kier alpha value is -1.77. The van der Waals surface area contributed by atoms with E-state index in [0.29, 0.717) is 23.2 Å². The molecular formula is C15H17F2NO4S. The smallest absolute Gasteiger partial charge is 0.240 e. The highest BCUT2D eigenvalue weighted by atomic mass is 32.2. The maximum atomic E-state index is 13.1. The number of sulfonamides is 1. The summed E-state index contributed by atoms with van der Waals surface area (Å²) in [6.07, 6.45) is -0.809. The van der Waals surface area contributed by atoms with Crippen molar-refractivity contribution in [2.75, 3.05) is 6.54 Å². The second-order valence-corrected chi connectivity index (χ2v) is 6.94. The summed E-state index contributed by atoms with van der Waals surface area (Å²) in [5, 5.41) is 10.1. The fourth-order valence-electron chi connectivity index (χ4n) is 2.23. The molecule has 8 heteroatoms. The van der Waals surface area contributed by atoms with Gasteiger partial charge in [0.15, 0.2) is 0 Å². The quantitative estimate of drug-likeness (QED) is 0.843. The van der Waals surface area contributed by atoms with E-state index in [0.717, 1.165) is 12.1 Å². The van der Waals surface area contributed by atoms with Gasteiger partial charge < -0.3 is 9.52 Å². The maximum Gasteiger partial charge on any atom is 0.240 e. The molecule has 0 radical (unpaired) electrons. The van der Waals surface area contributed by atoms with Gasteiger partial charge in [-0.1, -0.05) is 0 Å². The van der Waals surface area contributed by atoms with Crippen molar-refractivity contribution in [3.63, 3.8) is 0 Å². The van der Waals surface area contributed by atoms with Crippen LogP contribution < -0.4 is 4.72 Å². The van der Waals surface area contributed by atoms with E-state index in [1.54, 1.807) is 19.9 Å². The molecule has 0 aliphatic heterocycles. The van der Waals surface area contributed by atoms with Gasteiger partial charge in [-0.2, -0.15) is 0 Å². The highest BCUT2D eigenvalue weighted by Crippen LogP contribution is 2.23. The zero-order valence-electron chi connectivity index (χ0n) is 12.6. The van der Waals surface area contributed by atoms with Crippen LogP contribution in [0.15, 0.2) is 33.6 Å². The van der Waals surface area contributed by atoms with Gasteiger partial charge in [0.1, 0.15) is 23.2 Å². The van der Waals surface area contributed by atoms with Crippen molar-refractivity contribution < 1.29 is 26.7 Å². The molecule has 1 aromatic carbocycles. The normalized spacial score (nSPS) is 13.3. The Labute approximate surface area is 133 Å². The molecule has 0 fully saturated rings. The van der Waals surface area contributed by atoms with Crippen LogP contribution in [0.1, 0.15) is 29.6 Å². The monoisotopic (exact) mass is 345 g/mol. The molecule has 0 saturated heterocycles. The minimum absolute atomic E-state index is 0.0920. The van der Waals surface area contributed by atoms with Crippen molar-refractivity contribution in [2.24, 2.45) is 0 Å². The van der Waals surface area contributed by atoms with Crippen LogP contribution in [0.25, 0.3) is 0 Å². The van der Waals surface area contributed by atoms with E-state index in [1.165, 1.54) is 0 Å². The highest BCUT2D eigenvalue weighted by molar-refractivity contribution is 7.89. The van der Waals surface area contributed by atoms with Gasteiger partial charge in [0, 0.05) is 18.2 Å². The topological polar surface area (TPSA) is 79.5 Å². The first kappa shape index (κ1) is 17.6. The second-order valence-electron chi connectivity index (χ2n) is 5.18. The van der Waals surface area contributed by atoms with Crippen molar-refractivity contribution in [1.29, 1.82) is 0 Å². The average molecular weight is 345 g/mol. The summed E-state index contributed by atoms with van der Waals surface area (Å²) in [6.45, 7) is 3.35. The lowest BCUT2D eigenvalue weighted by Gasteiger charge is -2.11. The molecule has 0 aliphatic rings. The van der Waals surface area contributed by atoms with Crippen LogP contribution in [0, 0.1) is 25.5 Å². The van der Waals surface area contributed by atoms with Crippen LogP contribution >= 0.6 is 0 Å². The van der Waals surface area contributed by atoms with E-state index in [4.69, 9.17) is 4.42 Å². The number of aliphatic hydroxyl groups excluding tert-OH is 1. The first-order chi connectivity index (χ1) is 10.7. The Bertz CT molecular complexity index is 782. The fraction of sp³-hybridized carbons (Fsp3) is 0.333. The number of aliphatic hydroxyl groups is 1. The Morgan fingerprint density at radius 2 is 1.78 bits per heavy atom. The first-order valence-corrected chi connectivity index (χ1v) is 8.38. The van der Waals surface area contributed by atoms with Gasteiger partial charge in [-0.15, -0.1) is 0 Å². The Morgan fingerprint density at radius 3 is 2.30 bits per heavy atom. The summed E-state index contributed by atoms with van der Waals surface area (Å²) >= 11 is 0. The summed E-state index contributed by atoms with van der Waals surface area (Å²) < 4.78 is 57.7. The molecule has 0 aliphatic carbocycles. The molecule has 1 atom stereocenters. The van der Waals surface area contributed by atoms with Crippen LogP contribution in [0.3, 0.4) is 0 Å². The predicted molar refractivity (Wildman–Crippen MR) is 79.3 cm³/mol. The highest BCUT2D eigenvalue weighted by Gasteiger charge is 2.18. The van der Waals surface area contributed by atoms with Gasteiger partial charge in [-0.25, -0.2) is 21.9 Å². The number of benzene rings is 1. The van der Waals surface area contributed by atoms with Gasteiger partial charge in [0.05, 0.1) is 11.0 Å². The standard InChI is InChI=1S/C15H17F2NO4S/c1-9-5-14(10(2)22-9)15(19)3-4-18-23(20,21)13-7-11(16)6-12(17)8-13/h5-8,15,18-19H,3-4H2,1-2H3. The molecule has 0 bridgehead atoms. The average Bonchev–Trinajstić information content (AvgIpc) is 2.76. The zero-order valence-corrected chi connectivity index (χ0v) is 13.5. The molecule has 2 N–H and O–H groups in total. The van der Waals surface area contributed by atoms with Crippen molar-refractivity contribution in [3.05, 3.63) is 53.0 Å². The lowest BCUT2D eigenvalue weighted by molar-refractivity contribution is 0.167. The van der Waals surface area contributed by atoms with Gasteiger partial charge >= 0.3 is 0 Å². The molecule has 2 aromatic rings. The summed E-state index contributed by atoms with van der Waals surface area (Å²) in [5.41, 5.74) is 0.582. The van der Waals surface area contributed by atoms with Gasteiger partial charge in [0.25, 0.3) is 0 Å². The molecule has 0 amide bonds. The Morgan fingerprint density at radius 1 is 1.17 bits per heavy atom. The Balaban J connectivity index is 2.01. The zero-order chi connectivity index (χ0) is 17.2. The third-order valence-corrected chi connectivity index (χ3v) is 4.74. The van der Waals surface area contributed by atoms with Gasteiger partial charge in [-0.3, -0.25) is 0 Å². The van der Waals surface area contributed by atoms with E-state index in [9.17, 15) is 22.3 Å². The van der Waals surface area contributed by atoms with Crippen LogP contribution in [0.2, 0.25) is 0 Å². The third kappa shape index (κ3) is 4.37. The van der Waals surface area contributed by atoms with Crippen molar-refractivity contribution >= 4 is 10.0 Å². The lowest BCUT2D eigenvalue weighted by atomic mass is 10.1. The fourth-order valence-corrected chi connectivity index (χ4v) is 3.32. The molecule has 0 saturated carbocycles. The number of aryl methyl sites for hydroxylation is 2. The molecule has 2 rings (SSSR count). The van der Waals surface area contributed by atoms with Crippen LogP contribution in [0.5, 0.6) is 0 Å². The number of nitrogens with one attached hydrogen (secondary N) is 1. The molecule has 5 nitrogen and oxygen atoms in total. The third-order valence-electron chi connectivity index (χ3n) is 3.29. The summed E-state index contributed by atoms with van der Waals surface area (Å²) in [7, 11) is -4.05. The van der Waals surface area contributed by atoms with E-state index in [1.807, 2.05) is 0 Å². The minimum Gasteiger partial charge on any atom is -0.466 e. The van der Waals surface area contributed by atoms with E-state index < -0.39 is 32.7 Å². The predicted octanol–water partition coefficient (Wildman–Crippen LogP) is 2.58. The first-order valence-electron chi connectivity index (χ1n) is 6.90.